The van der Waals surface area contributed by atoms with Crippen LogP contribution in [0.4, 0.5) is 44.4 Å². The highest BCUT2D eigenvalue weighted by Gasteiger charge is 2.21. The highest BCUT2D eigenvalue weighted by atomic mass is 32.2. The molecule has 0 aliphatic rings. The molecule has 0 spiro atoms. The lowest BCUT2D eigenvalue weighted by atomic mass is 10.1. The van der Waals surface area contributed by atoms with Crippen molar-refractivity contribution in [1.29, 1.82) is 10.5 Å². The molecule has 0 atom stereocenters. The first kappa shape index (κ1) is 45.1. The van der Waals surface area contributed by atoms with E-state index in [0.717, 1.165) is 29.5 Å². The monoisotopic (exact) mass is 901 g/mol. The molecule has 0 radical (unpaired) electrons. The van der Waals surface area contributed by atoms with Gasteiger partial charge in [0, 0.05) is 16.9 Å². The maximum atomic E-state index is 12.6. The van der Waals surface area contributed by atoms with Crippen molar-refractivity contribution in [2.75, 3.05) is 23.7 Å². The van der Waals surface area contributed by atoms with Crippen molar-refractivity contribution in [2.24, 2.45) is 20.5 Å². The molecular weight excluding hydrogens is 875 g/mol. The lowest BCUT2D eigenvalue weighted by molar-refractivity contribution is -0.136. The van der Waals surface area contributed by atoms with Crippen LogP contribution in [0.2, 0.25) is 0 Å². The number of rotatable bonds is 18. The molecule has 5 rings (SSSR count). The zero-order valence-corrected chi connectivity index (χ0v) is 33.7. The van der Waals surface area contributed by atoms with Gasteiger partial charge in [-0.15, -0.1) is 20.5 Å². The minimum atomic E-state index is -4.21. The number of benzene rings is 3. The summed E-state index contributed by atoms with van der Waals surface area (Å²) >= 11 is 0.821. The molecule has 316 valence electrons. The Morgan fingerprint density at radius 1 is 0.677 bits per heavy atom. The van der Waals surface area contributed by atoms with Crippen LogP contribution in [0.1, 0.15) is 37.4 Å². The van der Waals surface area contributed by atoms with Gasteiger partial charge in [-0.2, -0.15) is 20.0 Å². The summed E-state index contributed by atoms with van der Waals surface area (Å²) in [6.07, 6.45) is 0. The van der Waals surface area contributed by atoms with Crippen molar-refractivity contribution < 1.29 is 56.4 Å². The van der Waals surface area contributed by atoms with Crippen LogP contribution in [0.5, 0.6) is 0 Å². The van der Waals surface area contributed by atoms with Crippen LogP contribution in [-0.2, 0) is 29.6 Å². The number of carboxylic acids is 4. The summed E-state index contributed by atoms with van der Waals surface area (Å²) in [5.41, 5.74) is -0.334. The second-order valence-corrected chi connectivity index (χ2v) is 16.7. The van der Waals surface area contributed by atoms with Crippen LogP contribution in [0.3, 0.4) is 0 Å². The van der Waals surface area contributed by atoms with Crippen molar-refractivity contribution in [1.82, 2.24) is 14.4 Å². The number of azo groups is 2. The van der Waals surface area contributed by atoms with Gasteiger partial charge in [0.2, 0.25) is 20.0 Å². The van der Waals surface area contributed by atoms with Crippen LogP contribution < -0.4 is 20.1 Å². The quantitative estimate of drug-likeness (QED) is 0.0493. The minimum absolute atomic E-state index is 0.00525. The zero-order chi connectivity index (χ0) is 45.4. The molecule has 26 heteroatoms. The van der Waals surface area contributed by atoms with Gasteiger partial charge in [-0.25, -0.2) is 31.4 Å². The number of carbonyl (C=O) groups is 4. The molecule has 0 aliphatic carbocycles. The van der Waals surface area contributed by atoms with E-state index in [1.807, 2.05) is 21.6 Å². The van der Waals surface area contributed by atoms with Crippen LogP contribution in [0, 0.1) is 29.6 Å². The van der Waals surface area contributed by atoms with E-state index in [2.05, 4.69) is 36.1 Å². The van der Waals surface area contributed by atoms with Crippen molar-refractivity contribution in [3.63, 3.8) is 0 Å². The average Bonchev–Trinajstić information content (AvgIpc) is 3.63. The van der Waals surface area contributed by atoms with E-state index < -0.39 is 57.0 Å². The van der Waals surface area contributed by atoms with E-state index in [1.165, 1.54) is 61.5 Å². The fourth-order valence-corrected chi connectivity index (χ4v) is 7.71. The summed E-state index contributed by atoms with van der Waals surface area (Å²) in [5.74, 6) is -5.75. The lowest BCUT2D eigenvalue weighted by Gasteiger charge is -2.16. The molecule has 8 N–H and O–H groups in total. The summed E-state index contributed by atoms with van der Waals surface area (Å²) in [6.45, 7) is -0.221. The number of carboxylic acid groups (broad SMARTS) is 4. The Morgan fingerprint density at radius 3 is 1.63 bits per heavy atom. The largest absolute Gasteiger partial charge is 0.480 e. The normalized spacial score (nSPS) is 11.5. The number of nitrogens with zero attached hydrogens (tertiary/aromatic N) is 7. The van der Waals surface area contributed by atoms with E-state index in [4.69, 9.17) is 10.2 Å². The first-order valence-electron chi connectivity index (χ1n) is 16.9. The van der Waals surface area contributed by atoms with Crippen molar-refractivity contribution >= 4 is 99.6 Å². The standard InChI is InChI=1S/C36H27N11O12S3/c1-18-27(15-38)32(41-22-2-6-25(7-3-22)61(56,57)39-16-29(48)49)43-33(42-23-4-8-26(9-5-23)62(58,59)40-17-30(50)51)31(18)46-47-34-21(14-37)13-28(60-34)45-44-24-11-19(35(52)53)10-20(12-24)36(54)55/h2-13,39-40H,16-17H2,1H3,(H,48,49)(H,50,51)(H,52,53)(H,54,55)(H2,41,42,43). The number of sulfonamides is 2. The molecule has 62 heavy (non-hydrogen) atoms. The number of hydrogen-bond acceptors (Lipinski definition) is 18. The van der Waals surface area contributed by atoms with E-state index in [1.54, 1.807) is 0 Å². The first-order chi connectivity index (χ1) is 29.3. The van der Waals surface area contributed by atoms with Crippen molar-refractivity contribution in [3.8, 4) is 12.1 Å². The maximum absolute atomic E-state index is 12.6. The van der Waals surface area contributed by atoms with Gasteiger partial charge in [0.1, 0.15) is 35.9 Å². The van der Waals surface area contributed by atoms with Gasteiger partial charge in [-0.3, -0.25) is 9.59 Å². The van der Waals surface area contributed by atoms with E-state index in [0.29, 0.717) is 0 Å². The summed E-state index contributed by atoms with van der Waals surface area (Å²) in [6, 6.07) is 18.4. The third-order valence-electron chi connectivity index (χ3n) is 7.94. The van der Waals surface area contributed by atoms with E-state index in [-0.39, 0.29) is 82.0 Å². The smallest absolute Gasteiger partial charge is 0.335 e. The number of thiophene rings is 1. The molecule has 0 fully saturated rings. The van der Waals surface area contributed by atoms with Gasteiger partial charge in [-0.05, 0) is 79.7 Å². The van der Waals surface area contributed by atoms with Gasteiger partial charge >= 0.3 is 23.9 Å². The first-order valence-corrected chi connectivity index (χ1v) is 20.7. The predicted molar refractivity (Wildman–Crippen MR) is 217 cm³/mol. The second kappa shape index (κ2) is 18.9. The number of anilines is 4. The Balaban J connectivity index is 1.54. The predicted octanol–water partition coefficient (Wildman–Crippen LogP) is 5.64. The fraction of sp³-hybridized carbons (Fsp3) is 0.0833. The fourth-order valence-electron chi connectivity index (χ4n) is 5.01. The van der Waals surface area contributed by atoms with Gasteiger partial charge < -0.3 is 31.1 Å². The molecule has 5 aromatic rings. The molecule has 2 heterocycles. The topological polar surface area (TPSA) is 376 Å². The Labute approximate surface area is 353 Å². The molecule has 0 unspecified atom stereocenters. The summed E-state index contributed by atoms with van der Waals surface area (Å²) in [7, 11) is -8.40. The van der Waals surface area contributed by atoms with Gasteiger partial charge in [0.15, 0.2) is 16.6 Å². The van der Waals surface area contributed by atoms with Crippen molar-refractivity contribution in [3.05, 3.63) is 101 Å². The number of nitrogens with one attached hydrogen (secondary N) is 4. The van der Waals surface area contributed by atoms with Gasteiger partial charge in [-0.1, -0.05) is 11.3 Å². The third kappa shape index (κ3) is 11.2. The van der Waals surface area contributed by atoms with E-state index >= 15 is 0 Å². The Morgan fingerprint density at radius 2 is 1.18 bits per heavy atom. The lowest BCUT2D eigenvalue weighted by Crippen LogP contribution is -2.29. The van der Waals surface area contributed by atoms with Crippen LogP contribution >= 0.6 is 11.3 Å². The highest BCUT2D eigenvalue weighted by Crippen LogP contribution is 2.41. The van der Waals surface area contributed by atoms with Crippen molar-refractivity contribution in [2.45, 2.75) is 16.7 Å². The number of aliphatic carboxylic acids is 2. The molecular formula is C36H27N11O12S3. The maximum Gasteiger partial charge on any atom is 0.335 e. The number of aromatic carboxylic acids is 2. The molecule has 0 saturated carbocycles. The van der Waals surface area contributed by atoms with Gasteiger partial charge in [0.25, 0.3) is 0 Å². The third-order valence-corrected chi connectivity index (χ3v) is 11.7. The second-order valence-electron chi connectivity index (χ2n) is 12.2. The molecule has 2 aromatic heterocycles. The SMILES string of the molecule is Cc1c(C#N)c(Nc2ccc(S(=O)(=O)NCC(=O)O)cc2)nc(Nc2ccc(S(=O)(=O)NCC(=O)O)cc2)c1N=Nc1sc(N=Nc2cc(C(=O)O)cc(C(=O)O)c2)cc1C#N. The van der Waals surface area contributed by atoms with Gasteiger partial charge in [0.05, 0.1) is 37.7 Å². The molecule has 0 aliphatic heterocycles. The van der Waals surface area contributed by atoms with Crippen LogP contribution in [0.15, 0.2) is 103 Å². The van der Waals surface area contributed by atoms with Crippen LogP contribution in [0.25, 0.3) is 0 Å². The highest BCUT2D eigenvalue weighted by molar-refractivity contribution is 7.89. The Bertz CT molecular complexity index is 2960. The number of pyridine rings is 1. The Kier molecular flexibility index (Phi) is 13.8. The molecule has 0 saturated heterocycles. The van der Waals surface area contributed by atoms with E-state index in [9.17, 15) is 56.8 Å². The molecule has 3 aromatic carbocycles. The average molecular weight is 902 g/mol. The number of aromatic nitrogens is 1. The summed E-state index contributed by atoms with van der Waals surface area (Å²) < 4.78 is 54.0. The molecule has 23 nitrogen and oxygen atoms in total. The zero-order valence-electron chi connectivity index (χ0n) is 31.3. The Hall–Kier alpha value is -8.01. The number of nitriles is 2. The van der Waals surface area contributed by atoms with Crippen LogP contribution in [-0.4, -0.2) is 79.2 Å². The number of hydrogen-bond donors (Lipinski definition) is 8. The molecule has 0 bridgehead atoms. The summed E-state index contributed by atoms with van der Waals surface area (Å²) in [4.78, 5) is 48.8. The summed E-state index contributed by atoms with van der Waals surface area (Å²) in [5, 5.41) is 79.0. The minimum Gasteiger partial charge on any atom is -0.480 e. The molecule has 0 amide bonds.